The predicted octanol–water partition coefficient (Wildman–Crippen LogP) is 4.73. The monoisotopic (exact) mass is 304 g/mol. The van der Waals surface area contributed by atoms with Gasteiger partial charge in [-0.1, -0.05) is 31.5 Å². The Balaban J connectivity index is 2.44. The van der Waals surface area contributed by atoms with Gasteiger partial charge in [0, 0.05) is 22.8 Å². The van der Waals surface area contributed by atoms with Crippen molar-refractivity contribution < 1.29 is 4.74 Å². The lowest BCUT2D eigenvalue weighted by atomic mass is 10.0. The molecule has 0 bridgehead atoms. The Kier molecular flexibility index (Phi) is 4.86. The standard InChI is InChI=1S/C17H21ClN2O/c1-10(2)14-8-16(11(3)7-15(14)18)21-17-13(9-19)6-5-12(4)20-17/h5-8,10H,9,19H2,1-4H3. The maximum atomic E-state index is 6.29. The summed E-state index contributed by atoms with van der Waals surface area (Å²) < 4.78 is 6.01. The van der Waals surface area contributed by atoms with Crippen molar-refractivity contribution in [3.05, 3.63) is 51.7 Å². The first-order valence-electron chi connectivity index (χ1n) is 7.07. The van der Waals surface area contributed by atoms with E-state index < -0.39 is 0 Å². The van der Waals surface area contributed by atoms with E-state index in [1.807, 2.05) is 38.1 Å². The van der Waals surface area contributed by atoms with E-state index in [-0.39, 0.29) is 0 Å². The number of ether oxygens (including phenoxy) is 1. The highest BCUT2D eigenvalue weighted by Gasteiger charge is 2.13. The van der Waals surface area contributed by atoms with E-state index in [0.717, 1.165) is 33.2 Å². The van der Waals surface area contributed by atoms with Gasteiger partial charge in [-0.15, -0.1) is 0 Å². The normalized spacial score (nSPS) is 11.0. The lowest BCUT2D eigenvalue weighted by Crippen LogP contribution is -2.03. The predicted molar refractivity (Wildman–Crippen MR) is 87.2 cm³/mol. The molecular weight excluding hydrogens is 284 g/mol. The molecule has 1 aromatic heterocycles. The zero-order valence-corrected chi connectivity index (χ0v) is 13.7. The summed E-state index contributed by atoms with van der Waals surface area (Å²) in [5.41, 5.74) is 9.60. The number of aryl methyl sites for hydroxylation is 2. The molecule has 2 aromatic rings. The quantitative estimate of drug-likeness (QED) is 0.888. The van der Waals surface area contributed by atoms with Gasteiger partial charge < -0.3 is 10.5 Å². The summed E-state index contributed by atoms with van der Waals surface area (Å²) in [6, 6.07) is 7.81. The van der Waals surface area contributed by atoms with Crippen molar-refractivity contribution in [2.24, 2.45) is 5.73 Å². The summed E-state index contributed by atoms with van der Waals surface area (Å²) in [6.07, 6.45) is 0. The first-order valence-corrected chi connectivity index (χ1v) is 7.44. The topological polar surface area (TPSA) is 48.1 Å². The molecule has 3 nitrogen and oxygen atoms in total. The van der Waals surface area contributed by atoms with Gasteiger partial charge in [0.1, 0.15) is 5.75 Å². The Labute approximate surface area is 131 Å². The fourth-order valence-corrected chi connectivity index (χ4v) is 2.57. The Bertz CT molecular complexity index is 653. The van der Waals surface area contributed by atoms with E-state index in [2.05, 4.69) is 18.8 Å². The van der Waals surface area contributed by atoms with Gasteiger partial charge in [-0.3, -0.25) is 0 Å². The van der Waals surface area contributed by atoms with Crippen LogP contribution in [0.5, 0.6) is 11.6 Å². The lowest BCUT2D eigenvalue weighted by molar-refractivity contribution is 0.451. The lowest BCUT2D eigenvalue weighted by Gasteiger charge is -2.15. The van der Waals surface area contributed by atoms with Crippen molar-refractivity contribution >= 4 is 11.6 Å². The average Bonchev–Trinajstić information content (AvgIpc) is 2.41. The summed E-state index contributed by atoms with van der Waals surface area (Å²) in [5.74, 6) is 1.67. The number of pyridine rings is 1. The van der Waals surface area contributed by atoms with Crippen molar-refractivity contribution in [1.29, 1.82) is 0 Å². The molecule has 2 N–H and O–H groups in total. The Morgan fingerprint density at radius 3 is 2.57 bits per heavy atom. The molecule has 0 amide bonds. The minimum absolute atomic E-state index is 0.333. The SMILES string of the molecule is Cc1ccc(CN)c(Oc2cc(C(C)C)c(Cl)cc2C)n1. The molecule has 0 saturated heterocycles. The second-order valence-electron chi connectivity index (χ2n) is 5.52. The number of nitrogens with zero attached hydrogens (tertiary/aromatic N) is 1. The molecule has 2 rings (SSSR count). The van der Waals surface area contributed by atoms with Gasteiger partial charge in [-0.2, -0.15) is 0 Å². The van der Waals surface area contributed by atoms with Crippen LogP contribution in [-0.2, 0) is 6.54 Å². The van der Waals surface area contributed by atoms with Crippen LogP contribution in [0.4, 0.5) is 0 Å². The van der Waals surface area contributed by atoms with Gasteiger partial charge in [-0.05, 0) is 49.1 Å². The van der Waals surface area contributed by atoms with Crippen molar-refractivity contribution in [3.8, 4) is 11.6 Å². The number of hydrogen-bond donors (Lipinski definition) is 1. The van der Waals surface area contributed by atoms with Crippen molar-refractivity contribution in [3.63, 3.8) is 0 Å². The molecule has 0 aliphatic rings. The van der Waals surface area contributed by atoms with E-state index in [0.29, 0.717) is 18.3 Å². The van der Waals surface area contributed by atoms with Gasteiger partial charge >= 0.3 is 0 Å². The highest BCUT2D eigenvalue weighted by molar-refractivity contribution is 6.31. The van der Waals surface area contributed by atoms with E-state index in [1.165, 1.54) is 0 Å². The molecule has 1 aromatic carbocycles. The molecule has 4 heteroatoms. The van der Waals surface area contributed by atoms with E-state index in [1.54, 1.807) is 0 Å². The number of halogens is 1. The molecular formula is C17H21ClN2O. The van der Waals surface area contributed by atoms with Crippen molar-refractivity contribution in [2.75, 3.05) is 0 Å². The van der Waals surface area contributed by atoms with Gasteiger partial charge in [0.2, 0.25) is 5.88 Å². The zero-order chi connectivity index (χ0) is 15.6. The summed E-state index contributed by atoms with van der Waals surface area (Å²) >= 11 is 6.29. The molecule has 0 saturated carbocycles. The molecule has 21 heavy (non-hydrogen) atoms. The maximum absolute atomic E-state index is 6.29. The van der Waals surface area contributed by atoms with Crippen LogP contribution in [0.2, 0.25) is 5.02 Å². The van der Waals surface area contributed by atoms with Crippen LogP contribution in [0.25, 0.3) is 0 Å². The van der Waals surface area contributed by atoms with Crippen molar-refractivity contribution in [1.82, 2.24) is 4.98 Å². The number of benzene rings is 1. The molecule has 0 unspecified atom stereocenters. The van der Waals surface area contributed by atoms with E-state index in [4.69, 9.17) is 22.1 Å². The molecule has 0 aliphatic carbocycles. The molecule has 0 aliphatic heterocycles. The Morgan fingerprint density at radius 2 is 1.95 bits per heavy atom. The van der Waals surface area contributed by atoms with Gasteiger partial charge in [0.25, 0.3) is 0 Å². The minimum Gasteiger partial charge on any atom is -0.438 e. The van der Waals surface area contributed by atoms with Gasteiger partial charge in [0.15, 0.2) is 0 Å². The second-order valence-corrected chi connectivity index (χ2v) is 5.92. The van der Waals surface area contributed by atoms with Crippen LogP contribution in [0.15, 0.2) is 24.3 Å². The third-order valence-corrected chi connectivity index (χ3v) is 3.75. The fraction of sp³-hybridized carbons (Fsp3) is 0.353. The third kappa shape index (κ3) is 3.55. The number of aromatic nitrogens is 1. The van der Waals surface area contributed by atoms with E-state index in [9.17, 15) is 0 Å². The molecule has 0 atom stereocenters. The Morgan fingerprint density at radius 1 is 1.24 bits per heavy atom. The van der Waals surface area contributed by atoms with Crippen molar-refractivity contribution in [2.45, 2.75) is 40.2 Å². The molecule has 0 fully saturated rings. The Hall–Kier alpha value is -1.58. The highest BCUT2D eigenvalue weighted by Crippen LogP contribution is 2.34. The molecule has 112 valence electrons. The maximum Gasteiger partial charge on any atom is 0.223 e. The number of rotatable bonds is 4. The van der Waals surface area contributed by atoms with Crippen LogP contribution in [0.1, 0.15) is 42.1 Å². The zero-order valence-electron chi connectivity index (χ0n) is 12.9. The summed E-state index contributed by atoms with van der Waals surface area (Å²) in [4.78, 5) is 4.44. The summed E-state index contributed by atoms with van der Waals surface area (Å²) in [6.45, 7) is 8.52. The highest BCUT2D eigenvalue weighted by atomic mass is 35.5. The average molecular weight is 305 g/mol. The third-order valence-electron chi connectivity index (χ3n) is 3.42. The number of hydrogen-bond acceptors (Lipinski definition) is 3. The van der Waals surface area contributed by atoms with Crippen LogP contribution in [-0.4, -0.2) is 4.98 Å². The summed E-state index contributed by atoms with van der Waals surface area (Å²) in [7, 11) is 0. The smallest absolute Gasteiger partial charge is 0.223 e. The second kappa shape index (κ2) is 6.46. The first kappa shape index (κ1) is 15.8. The largest absolute Gasteiger partial charge is 0.438 e. The molecule has 1 heterocycles. The van der Waals surface area contributed by atoms with Crippen LogP contribution in [0, 0.1) is 13.8 Å². The fourth-order valence-electron chi connectivity index (χ4n) is 2.13. The minimum atomic E-state index is 0.333. The first-order chi connectivity index (χ1) is 9.92. The summed E-state index contributed by atoms with van der Waals surface area (Å²) in [5, 5.41) is 0.770. The van der Waals surface area contributed by atoms with Gasteiger partial charge in [0.05, 0.1) is 0 Å². The van der Waals surface area contributed by atoms with E-state index >= 15 is 0 Å². The van der Waals surface area contributed by atoms with Crippen LogP contribution >= 0.6 is 11.6 Å². The molecule has 0 radical (unpaired) electrons. The van der Waals surface area contributed by atoms with Crippen LogP contribution in [0.3, 0.4) is 0 Å². The number of nitrogens with two attached hydrogens (primary N) is 1. The van der Waals surface area contributed by atoms with Gasteiger partial charge in [-0.25, -0.2) is 4.98 Å². The van der Waals surface area contributed by atoms with Crippen LogP contribution < -0.4 is 10.5 Å². The molecule has 0 spiro atoms.